The number of hydroxylamine groups is 2. The molecule has 234 valence electrons. The summed E-state index contributed by atoms with van der Waals surface area (Å²) in [5.74, 6) is -4.79. The van der Waals surface area contributed by atoms with E-state index in [1.807, 2.05) is 0 Å². The van der Waals surface area contributed by atoms with Gasteiger partial charge in [-0.05, 0) is 24.0 Å². The molecule has 3 aliphatic rings. The van der Waals surface area contributed by atoms with E-state index in [2.05, 4.69) is 16.6 Å². The van der Waals surface area contributed by atoms with Gasteiger partial charge >= 0.3 is 18.2 Å². The zero-order valence-electron chi connectivity index (χ0n) is 23.7. The third-order valence-electron chi connectivity index (χ3n) is 7.97. The molecule has 1 aliphatic carbocycles. The zero-order valence-corrected chi connectivity index (χ0v) is 23.7. The fourth-order valence-corrected chi connectivity index (χ4v) is 5.57. The third kappa shape index (κ3) is 6.26. The molecule has 4 rings (SSSR count). The lowest BCUT2D eigenvalue weighted by molar-refractivity contribution is -0.162. The molecule has 1 aromatic rings. The normalized spacial score (nSPS) is 24.7. The zero-order chi connectivity index (χ0) is 31.6. The van der Waals surface area contributed by atoms with Crippen LogP contribution in [-0.4, -0.2) is 98.7 Å². The number of hydrogen-bond donors (Lipinski definition) is 3. The number of likely N-dealkylation sites (tertiary alicyclic amines) is 1. The number of carbonyl (C=O) groups is 5. The van der Waals surface area contributed by atoms with Crippen LogP contribution in [0.25, 0.3) is 0 Å². The minimum absolute atomic E-state index is 0.0142. The van der Waals surface area contributed by atoms with Gasteiger partial charge in [0.2, 0.25) is 11.8 Å². The van der Waals surface area contributed by atoms with E-state index in [9.17, 15) is 43.1 Å². The highest BCUT2D eigenvalue weighted by Crippen LogP contribution is 2.45. The molecule has 2 fully saturated rings. The summed E-state index contributed by atoms with van der Waals surface area (Å²) in [6.07, 6.45) is -1.99. The van der Waals surface area contributed by atoms with Crippen molar-refractivity contribution in [1.29, 1.82) is 0 Å². The summed E-state index contributed by atoms with van der Waals surface area (Å²) < 4.78 is 36.9. The van der Waals surface area contributed by atoms with Crippen LogP contribution in [0.3, 0.4) is 0 Å². The van der Waals surface area contributed by atoms with Crippen molar-refractivity contribution in [2.45, 2.75) is 63.5 Å². The first-order valence-corrected chi connectivity index (χ1v) is 13.8. The Bertz CT molecular complexity index is 1310. The number of carbonyl (C=O) groups excluding carboxylic acids is 4. The molecule has 1 saturated heterocycles. The van der Waals surface area contributed by atoms with Gasteiger partial charge in [0, 0.05) is 24.4 Å². The molecule has 3 N–H and O–H groups in total. The quantitative estimate of drug-likeness (QED) is 0.205. The van der Waals surface area contributed by atoms with Gasteiger partial charge in [0.1, 0.15) is 42.8 Å². The maximum absolute atomic E-state index is 14.2. The second-order valence-corrected chi connectivity index (χ2v) is 11.1. The van der Waals surface area contributed by atoms with Crippen LogP contribution >= 0.6 is 0 Å². The first kappa shape index (κ1) is 31.7. The van der Waals surface area contributed by atoms with E-state index in [0.717, 1.165) is 4.90 Å². The number of carboxylic acids is 1. The smallest absolute Gasteiger partial charge is 0.434 e. The number of rotatable bonds is 10. The van der Waals surface area contributed by atoms with E-state index in [1.54, 1.807) is 6.07 Å². The van der Waals surface area contributed by atoms with Crippen LogP contribution in [0.5, 0.6) is 0 Å². The average molecular weight is 609 g/mol. The number of alkyl halides is 1. The molecule has 2 unspecified atom stereocenters. The van der Waals surface area contributed by atoms with Crippen LogP contribution in [0, 0.1) is 17.7 Å². The van der Waals surface area contributed by atoms with Gasteiger partial charge in [-0.15, -0.1) is 6.58 Å². The summed E-state index contributed by atoms with van der Waals surface area (Å²) in [5, 5.41) is 22.8. The Morgan fingerprint density at radius 3 is 2.56 bits per heavy atom. The Morgan fingerprint density at radius 1 is 1.26 bits per heavy atom. The molecule has 0 spiro atoms. The highest BCUT2D eigenvalue weighted by atomic mass is 19.1. The summed E-state index contributed by atoms with van der Waals surface area (Å²) >= 11 is 0. The van der Waals surface area contributed by atoms with Crippen LogP contribution in [0.1, 0.15) is 37.8 Å². The Balaban J connectivity index is 1.55. The fourth-order valence-electron chi connectivity index (χ4n) is 5.57. The summed E-state index contributed by atoms with van der Waals surface area (Å²) in [4.78, 5) is 66.8. The molecule has 4 amide bonds. The van der Waals surface area contributed by atoms with Crippen molar-refractivity contribution in [3.63, 3.8) is 0 Å². The van der Waals surface area contributed by atoms with E-state index in [0.29, 0.717) is 11.1 Å². The van der Waals surface area contributed by atoms with Crippen molar-refractivity contribution in [3.8, 4) is 0 Å². The lowest BCUT2D eigenvalue weighted by atomic mass is 10.0. The highest BCUT2D eigenvalue weighted by molar-refractivity contribution is 5.96. The lowest BCUT2D eigenvalue weighted by Crippen LogP contribution is -2.57. The van der Waals surface area contributed by atoms with Crippen molar-refractivity contribution < 1.29 is 52.5 Å². The molecule has 1 saturated carbocycles. The van der Waals surface area contributed by atoms with Gasteiger partial charge in [0.25, 0.3) is 0 Å². The van der Waals surface area contributed by atoms with Crippen LogP contribution in [0.15, 0.2) is 30.9 Å². The van der Waals surface area contributed by atoms with Gasteiger partial charge in [-0.3, -0.25) is 19.7 Å². The van der Waals surface area contributed by atoms with Crippen LogP contribution < -0.4 is 5.32 Å². The largest absolute Gasteiger partial charge is 0.479 e. The third-order valence-corrected chi connectivity index (χ3v) is 7.97. The topological polar surface area (TPSA) is 166 Å². The molecule has 43 heavy (non-hydrogen) atoms. The second kappa shape index (κ2) is 12.5. The van der Waals surface area contributed by atoms with Crippen molar-refractivity contribution in [3.05, 3.63) is 47.8 Å². The molecular weight excluding hydrogens is 574 g/mol. The molecule has 0 aromatic heterocycles. The standard InChI is InChI=1S/C28H34F2N4O9/c1-4-17-11-28(17,25(37)38)31-23(35)21-10-18(43-26(39)32-12-16-6-5-7-20(30)19(16)14-32)13-33(21)24(36)22(15(2)3)34(41)27(40)42-9-8-29/h4-7,15,17-18,21-22,41H,1,8-14H2,2-3H3,(H,31,35)(H,37,38)/t17-,18-,21+,22?,28?/m1/s1. The maximum atomic E-state index is 14.2. The number of nitrogens with one attached hydrogen (secondary N) is 1. The molecule has 5 atom stereocenters. The maximum Gasteiger partial charge on any atom is 0.434 e. The monoisotopic (exact) mass is 608 g/mol. The predicted molar refractivity (Wildman–Crippen MR) is 142 cm³/mol. The average Bonchev–Trinajstić information content (AvgIpc) is 3.27. The fraction of sp³-hybridized carbons (Fsp3) is 0.536. The molecular formula is C28H34F2N4O9. The number of carboxylic acid groups (broad SMARTS) is 1. The van der Waals surface area contributed by atoms with Gasteiger partial charge in [-0.1, -0.05) is 32.1 Å². The SMILES string of the molecule is C=C[C@@H]1CC1(NC(=O)[C@@H]1C[C@@H](OC(=O)N2Cc3cccc(F)c3C2)CN1C(=O)C(C(C)C)N(O)C(=O)OCCF)C(=O)O. The molecule has 15 heteroatoms. The summed E-state index contributed by atoms with van der Waals surface area (Å²) in [7, 11) is 0. The molecule has 0 bridgehead atoms. The number of halogens is 2. The van der Waals surface area contributed by atoms with Crippen LogP contribution in [0.2, 0.25) is 0 Å². The van der Waals surface area contributed by atoms with Crippen molar-refractivity contribution >= 4 is 30.0 Å². The van der Waals surface area contributed by atoms with Crippen LogP contribution in [0.4, 0.5) is 18.4 Å². The van der Waals surface area contributed by atoms with Crippen molar-refractivity contribution in [2.75, 3.05) is 19.8 Å². The van der Waals surface area contributed by atoms with Crippen molar-refractivity contribution in [1.82, 2.24) is 20.2 Å². The van der Waals surface area contributed by atoms with Gasteiger partial charge in [-0.25, -0.2) is 23.2 Å². The first-order chi connectivity index (χ1) is 20.3. The van der Waals surface area contributed by atoms with E-state index in [1.165, 1.54) is 37.0 Å². The van der Waals surface area contributed by atoms with Crippen LogP contribution in [-0.2, 0) is 36.9 Å². The number of amides is 4. The Hall–Kier alpha value is -4.27. The summed E-state index contributed by atoms with van der Waals surface area (Å²) in [5.41, 5.74) is -0.660. The number of nitrogens with zero attached hydrogens (tertiary/aromatic N) is 3. The Kier molecular flexibility index (Phi) is 9.23. The first-order valence-electron chi connectivity index (χ1n) is 13.8. The van der Waals surface area contributed by atoms with Crippen molar-refractivity contribution in [2.24, 2.45) is 11.8 Å². The van der Waals surface area contributed by atoms with E-state index < -0.39 is 84.6 Å². The number of ether oxygens (including phenoxy) is 2. The van der Waals surface area contributed by atoms with Gasteiger partial charge < -0.3 is 24.8 Å². The summed E-state index contributed by atoms with van der Waals surface area (Å²) in [6.45, 7) is 4.65. The Morgan fingerprint density at radius 2 is 1.98 bits per heavy atom. The molecule has 2 aliphatic heterocycles. The van der Waals surface area contributed by atoms with E-state index in [4.69, 9.17) is 4.74 Å². The minimum atomic E-state index is -1.62. The Labute approximate surface area is 245 Å². The second-order valence-electron chi connectivity index (χ2n) is 11.1. The van der Waals surface area contributed by atoms with E-state index >= 15 is 0 Å². The molecule has 2 heterocycles. The van der Waals surface area contributed by atoms with Gasteiger partial charge in [0.05, 0.1) is 13.1 Å². The molecule has 0 radical (unpaired) electrons. The molecule has 13 nitrogen and oxygen atoms in total. The number of fused-ring (bicyclic) bond motifs is 1. The highest BCUT2D eigenvalue weighted by Gasteiger charge is 2.61. The number of aliphatic carboxylic acids is 1. The molecule has 1 aromatic carbocycles. The summed E-state index contributed by atoms with van der Waals surface area (Å²) in [6, 6.07) is 1.55. The van der Waals surface area contributed by atoms with Gasteiger partial charge in [-0.2, -0.15) is 5.06 Å². The van der Waals surface area contributed by atoms with Gasteiger partial charge in [0.15, 0.2) is 0 Å². The lowest BCUT2D eigenvalue weighted by Gasteiger charge is -2.33. The van der Waals surface area contributed by atoms with E-state index in [-0.39, 0.29) is 37.5 Å². The predicted octanol–water partition coefficient (Wildman–Crippen LogP) is 2.21. The minimum Gasteiger partial charge on any atom is -0.479 e. The number of benzene rings is 1. The number of hydrogen-bond acceptors (Lipinski definition) is 8.